The second-order valence-electron chi connectivity index (χ2n) is 3.73. The van der Waals surface area contributed by atoms with E-state index in [1.807, 2.05) is 36.4 Å². The Hall–Kier alpha value is -1.79. The molecule has 0 saturated heterocycles. The Morgan fingerprint density at radius 3 is 2.69 bits per heavy atom. The molecule has 0 aliphatic carbocycles. The normalized spacial score (nSPS) is 11.5. The van der Waals surface area contributed by atoms with Crippen molar-refractivity contribution >= 4 is 29.5 Å². The van der Waals surface area contributed by atoms with Gasteiger partial charge in [-0.15, -0.1) is 0 Å². The minimum atomic E-state index is -0.178. The second kappa shape index (κ2) is 3.36. The van der Waals surface area contributed by atoms with Gasteiger partial charge in [-0.1, -0.05) is 38.5 Å². The van der Waals surface area contributed by atoms with Crippen LogP contribution in [-0.4, -0.2) is 5.11 Å². The van der Waals surface area contributed by atoms with Crippen LogP contribution >= 0.6 is 8.19 Å². The lowest BCUT2D eigenvalue weighted by Crippen LogP contribution is -1.90. The third-order valence-corrected chi connectivity index (χ3v) is 3.92. The maximum atomic E-state index is 11.4. The zero-order valence-corrected chi connectivity index (χ0v) is 9.40. The summed E-state index contributed by atoms with van der Waals surface area (Å²) in [6.07, 6.45) is 0. The lowest BCUT2D eigenvalue weighted by molar-refractivity contribution is 0.473. The molecule has 1 heterocycles. The number of hydrogen-bond acceptors (Lipinski definition) is 2. The van der Waals surface area contributed by atoms with Gasteiger partial charge in [0.2, 0.25) is 5.16 Å². The first-order chi connectivity index (χ1) is 7.75. The van der Waals surface area contributed by atoms with E-state index in [0.717, 1.165) is 21.3 Å². The first-order valence-corrected chi connectivity index (χ1v) is 5.99. The summed E-state index contributed by atoms with van der Waals surface area (Å²) in [5.74, 6) is -0.123. The Morgan fingerprint density at radius 1 is 1.00 bits per heavy atom. The zero-order chi connectivity index (χ0) is 11.1. The van der Waals surface area contributed by atoms with Gasteiger partial charge >= 0.3 is 0 Å². The van der Waals surface area contributed by atoms with E-state index >= 15 is 0 Å². The van der Waals surface area contributed by atoms with Crippen molar-refractivity contribution in [2.45, 2.75) is 0 Å². The molecular weight excluding hydrogens is 219 g/mol. The van der Waals surface area contributed by atoms with Crippen LogP contribution in [0, 0.1) is 0 Å². The van der Waals surface area contributed by atoms with Gasteiger partial charge in [0.1, 0.15) is 0 Å². The summed E-state index contributed by atoms with van der Waals surface area (Å²) in [4.78, 5) is 11.4. The summed E-state index contributed by atoms with van der Waals surface area (Å²) >= 11 is 0. The summed E-state index contributed by atoms with van der Waals surface area (Å²) in [5.41, 5.74) is 0. The van der Waals surface area contributed by atoms with E-state index in [9.17, 15) is 9.90 Å². The molecule has 2 nitrogen and oxygen atoms in total. The van der Waals surface area contributed by atoms with Crippen molar-refractivity contribution in [3.05, 3.63) is 52.4 Å². The SMILES string of the molecule is O=c1[pH]c2ccc3ccccc3c2cc1O. The van der Waals surface area contributed by atoms with Crippen LogP contribution in [0.4, 0.5) is 0 Å². The Morgan fingerprint density at radius 2 is 1.81 bits per heavy atom. The van der Waals surface area contributed by atoms with Crippen LogP contribution in [0.5, 0.6) is 5.75 Å². The summed E-state index contributed by atoms with van der Waals surface area (Å²) in [6, 6.07) is 13.6. The molecule has 3 heteroatoms. The van der Waals surface area contributed by atoms with Crippen molar-refractivity contribution in [1.29, 1.82) is 0 Å². The van der Waals surface area contributed by atoms with Crippen LogP contribution in [0.3, 0.4) is 0 Å². The van der Waals surface area contributed by atoms with Crippen LogP contribution in [0.2, 0.25) is 0 Å². The van der Waals surface area contributed by atoms with E-state index in [-0.39, 0.29) is 19.1 Å². The summed E-state index contributed by atoms with van der Waals surface area (Å²) in [5, 5.41) is 13.5. The van der Waals surface area contributed by atoms with E-state index in [1.165, 1.54) is 0 Å². The highest BCUT2D eigenvalue weighted by atomic mass is 31.0. The lowest BCUT2D eigenvalue weighted by Gasteiger charge is -2.03. The molecule has 0 saturated carbocycles. The number of hydrogen-bond donors (Lipinski definition) is 1. The molecule has 16 heavy (non-hydrogen) atoms. The molecule has 0 aliphatic rings. The molecule has 1 atom stereocenters. The zero-order valence-electron chi connectivity index (χ0n) is 8.40. The molecule has 3 rings (SSSR count). The van der Waals surface area contributed by atoms with Crippen molar-refractivity contribution < 1.29 is 5.11 Å². The van der Waals surface area contributed by atoms with Gasteiger partial charge in [0, 0.05) is 5.12 Å². The standard InChI is InChI=1S/C13H9O2P/c14-11-7-10-9-4-2-1-3-8(9)5-6-12(10)16-13(11)15/h1-7,14,16H. The lowest BCUT2D eigenvalue weighted by atomic mass is 10.1. The number of fused-ring (bicyclic) bond motifs is 3. The van der Waals surface area contributed by atoms with Gasteiger partial charge in [-0.25, -0.2) is 0 Å². The van der Waals surface area contributed by atoms with E-state index in [1.54, 1.807) is 6.07 Å². The number of rotatable bonds is 0. The predicted octanol–water partition coefficient (Wildman–Crippen LogP) is 3.09. The van der Waals surface area contributed by atoms with Gasteiger partial charge < -0.3 is 5.11 Å². The van der Waals surface area contributed by atoms with E-state index in [4.69, 9.17) is 0 Å². The molecule has 0 bridgehead atoms. The molecular formula is C13H9O2P. The molecule has 1 unspecified atom stereocenters. The average molecular weight is 228 g/mol. The molecule has 0 spiro atoms. The Balaban J connectivity index is 2.60. The monoisotopic (exact) mass is 228 g/mol. The van der Waals surface area contributed by atoms with Crippen molar-refractivity contribution in [3.8, 4) is 5.75 Å². The highest BCUT2D eigenvalue weighted by molar-refractivity contribution is 7.35. The number of aromatic hydroxyl groups is 1. The molecule has 1 N–H and O–H groups in total. The van der Waals surface area contributed by atoms with Crippen molar-refractivity contribution in [2.75, 3.05) is 0 Å². The van der Waals surface area contributed by atoms with Crippen molar-refractivity contribution in [3.63, 3.8) is 0 Å². The quantitative estimate of drug-likeness (QED) is 0.600. The predicted molar refractivity (Wildman–Crippen MR) is 68.9 cm³/mol. The van der Waals surface area contributed by atoms with Gasteiger partial charge in [0.05, 0.1) is 0 Å². The van der Waals surface area contributed by atoms with Crippen LogP contribution in [0.25, 0.3) is 21.3 Å². The molecule has 78 valence electrons. The Bertz CT molecular complexity index is 744. The summed E-state index contributed by atoms with van der Waals surface area (Å²) < 4.78 is 0. The molecule has 3 aromatic rings. The smallest absolute Gasteiger partial charge is 0.235 e. The van der Waals surface area contributed by atoms with Gasteiger partial charge in [0.25, 0.3) is 0 Å². The first-order valence-electron chi connectivity index (χ1n) is 4.99. The topological polar surface area (TPSA) is 37.3 Å². The molecule has 0 aliphatic heterocycles. The maximum absolute atomic E-state index is 11.4. The minimum absolute atomic E-state index is 0.0330. The fourth-order valence-electron chi connectivity index (χ4n) is 1.95. The first kappa shape index (κ1) is 9.44. The maximum Gasteiger partial charge on any atom is 0.235 e. The fourth-order valence-corrected chi connectivity index (χ4v) is 2.90. The van der Waals surface area contributed by atoms with Crippen molar-refractivity contribution in [1.82, 2.24) is 0 Å². The number of benzene rings is 2. The fraction of sp³-hybridized carbons (Fsp3) is 0. The van der Waals surface area contributed by atoms with Crippen LogP contribution in [0.1, 0.15) is 0 Å². The molecule has 1 aromatic heterocycles. The highest BCUT2D eigenvalue weighted by Gasteiger charge is 2.03. The highest BCUT2D eigenvalue weighted by Crippen LogP contribution is 2.30. The van der Waals surface area contributed by atoms with Crippen LogP contribution < -0.4 is 5.16 Å². The Labute approximate surface area is 93.2 Å². The molecule has 2 aromatic carbocycles. The molecule has 0 amide bonds. The van der Waals surface area contributed by atoms with E-state index in [0.29, 0.717) is 0 Å². The summed E-state index contributed by atoms with van der Waals surface area (Å²) in [6.45, 7) is 0. The minimum Gasteiger partial charge on any atom is -0.504 e. The average Bonchev–Trinajstić information content (AvgIpc) is 2.31. The Kier molecular flexibility index (Phi) is 1.98. The third-order valence-electron chi connectivity index (χ3n) is 2.73. The molecule has 0 fully saturated rings. The van der Waals surface area contributed by atoms with Gasteiger partial charge in [-0.05, 0) is 28.3 Å². The van der Waals surface area contributed by atoms with Crippen molar-refractivity contribution in [2.24, 2.45) is 0 Å². The van der Waals surface area contributed by atoms with Crippen LogP contribution in [0.15, 0.2) is 47.3 Å². The van der Waals surface area contributed by atoms with E-state index in [2.05, 4.69) is 0 Å². The van der Waals surface area contributed by atoms with E-state index < -0.39 is 0 Å². The van der Waals surface area contributed by atoms with Crippen LogP contribution in [-0.2, 0) is 0 Å². The molecule has 0 radical (unpaired) electrons. The van der Waals surface area contributed by atoms with Gasteiger partial charge in [0.15, 0.2) is 5.75 Å². The van der Waals surface area contributed by atoms with Gasteiger partial charge in [-0.2, -0.15) is 0 Å². The van der Waals surface area contributed by atoms with Gasteiger partial charge in [-0.3, -0.25) is 4.79 Å². The third kappa shape index (κ3) is 1.31. The summed E-state index contributed by atoms with van der Waals surface area (Å²) in [7, 11) is 0.0330. The largest absolute Gasteiger partial charge is 0.504 e. The second-order valence-corrected chi connectivity index (χ2v) is 4.97.